The third-order valence-corrected chi connectivity index (χ3v) is 3.80. The molecule has 1 aromatic rings. The Morgan fingerprint density at radius 2 is 2.00 bits per heavy atom. The van der Waals surface area contributed by atoms with E-state index in [1.54, 1.807) is 0 Å². The maximum absolute atomic E-state index is 11.7. The molecule has 0 aliphatic heterocycles. The van der Waals surface area contributed by atoms with Crippen molar-refractivity contribution in [3.05, 3.63) is 24.3 Å². The topological polar surface area (TPSA) is 58.6 Å². The van der Waals surface area contributed by atoms with Crippen molar-refractivity contribution in [1.29, 1.82) is 0 Å². The molecule has 0 saturated heterocycles. The van der Waals surface area contributed by atoms with Crippen LogP contribution in [0.2, 0.25) is 0 Å². The zero-order valence-corrected chi connectivity index (χ0v) is 13.8. The summed E-state index contributed by atoms with van der Waals surface area (Å²) in [5, 5.41) is 12.5. The zero-order chi connectivity index (χ0) is 15.7. The van der Waals surface area contributed by atoms with E-state index in [9.17, 15) is 9.90 Å². The second-order valence-electron chi connectivity index (χ2n) is 5.28. The van der Waals surface area contributed by atoms with Crippen LogP contribution in [-0.2, 0) is 4.79 Å². The van der Waals surface area contributed by atoms with E-state index in [0.717, 1.165) is 10.6 Å². The van der Waals surface area contributed by atoms with Gasteiger partial charge in [0.1, 0.15) is 5.75 Å². The maximum atomic E-state index is 11.7. The predicted octanol–water partition coefficient (Wildman–Crippen LogP) is 2.70. The lowest BCUT2D eigenvalue weighted by molar-refractivity contribution is -0.119. The van der Waals surface area contributed by atoms with E-state index in [2.05, 4.69) is 5.32 Å². The number of amides is 1. The SMILES string of the molecule is CCOc1ccc(SCC(=O)NCC(O)CC(C)C)cc1. The van der Waals surface area contributed by atoms with Gasteiger partial charge in [-0.2, -0.15) is 0 Å². The Morgan fingerprint density at radius 3 is 2.57 bits per heavy atom. The molecule has 0 saturated carbocycles. The number of rotatable bonds is 9. The Morgan fingerprint density at radius 1 is 1.33 bits per heavy atom. The van der Waals surface area contributed by atoms with Gasteiger partial charge in [-0.25, -0.2) is 0 Å². The number of thioether (sulfide) groups is 1. The molecule has 21 heavy (non-hydrogen) atoms. The van der Waals surface area contributed by atoms with Gasteiger partial charge in [0.25, 0.3) is 0 Å². The van der Waals surface area contributed by atoms with Gasteiger partial charge in [-0.1, -0.05) is 13.8 Å². The maximum Gasteiger partial charge on any atom is 0.230 e. The van der Waals surface area contributed by atoms with Gasteiger partial charge in [-0.05, 0) is 43.5 Å². The van der Waals surface area contributed by atoms with Crippen LogP contribution in [0.4, 0.5) is 0 Å². The van der Waals surface area contributed by atoms with E-state index >= 15 is 0 Å². The summed E-state index contributed by atoms with van der Waals surface area (Å²) in [4.78, 5) is 12.7. The number of hydrogen-bond acceptors (Lipinski definition) is 4. The summed E-state index contributed by atoms with van der Waals surface area (Å²) < 4.78 is 5.37. The van der Waals surface area contributed by atoms with Crippen LogP contribution in [0.25, 0.3) is 0 Å². The van der Waals surface area contributed by atoms with Crippen LogP contribution in [0.5, 0.6) is 5.75 Å². The van der Waals surface area contributed by atoms with Crippen molar-refractivity contribution < 1.29 is 14.6 Å². The molecule has 0 radical (unpaired) electrons. The number of ether oxygens (including phenoxy) is 1. The molecule has 0 spiro atoms. The molecule has 5 heteroatoms. The summed E-state index contributed by atoms with van der Waals surface area (Å²) in [5.41, 5.74) is 0. The smallest absolute Gasteiger partial charge is 0.230 e. The normalized spacial score (nSPS) is 12.2. The van der Waals surface area contributed by atoms with Crippen LogP contribution in [0.1, 0.15) is 27.2 Å². The van der Waals surface area contributed by atoms with Gasteiger partial charge in [0.15, 0.2) is 0 Å². The fourth-order valence-corrected chi connectivity index (χ4v) is 2.59. The predicted molar refractivity (Wildman–Crippen MR) is 86.8 cm³/mol. The molecule has 0 aliphatic carbocycles. The number of hydrogen-bond donors (Lipinski definition) is 2. The average molecular weight is 311 g/mol. The molecule has 1 amide bonds. The average Bonchev–Trinajstić information content (AvgIpc) is 2.44. The number of aliphatic hydroxyl groups is 1. The van der Waals surface area contributed by atoms with Crippen molar-refractivity contribution in [2.75, 3.05) is 18.9 Å². The molecule has 2 N–H and O–H groups in total. The van der Waals surface area contributed by atoms with Crippen molar-refractivity contribution >= 4 is 17.7 Å². The molecule has 0 heterocycles. The fraction of sp³-hybridized carbons (Fsp3) is 0.562. The monoisotopic (exact) mass is 311 g/mol. The van der Waals surface area contributed by atoms with E-state index in [0.29, 0.717) is 31.2 Å². The van der Waals surface area contributed by atoms with Crippen LogP contribution in [0, 0.1) is 5.92 Å². The van der Waals surface area contributed by atoms with Crippen molar-refractivity contribution in [2.24, 2.45) is 5.92 Å². The minimum atomic E-state index is -0.468. The molecule has 1 atom stereocenters. The molecule has 4 nitrogen and oxygen atoms in total. The molecule has 118 valence electrons. The van der Waals surface area contributed by atoms with E-state index in [4.69, 9.17) is 4.74 Å². The first-order valence-electron chi connectivity index (χ1n) is 7.31. The Labute approximate surface area is 131 Å². The molecule has 1 rings (SSSR count). The van der Waals surface area contributed by atoms with Gasteiger partial charge in [0.2, 0.25) is 5.91 Å². The van der Waals surface area contributed by atoms with Crippen molar-refractivity contribution in [2.45, 2.75) is 38.2 Å². The van der Waals surface area contributed by atoms with Gasteiger partial charge in [-0.15, -0.1) is 11.8 Å². The first-order chi connectivity index (χ1) is 10.0. The standard InChI is InChI=1S/C16H25NO3S/c1-4-20-14-5-7-15(8-6-14)21-11-16(19)17-10-13(18)9-12(2)3/h5-8,12-13,18H,4,9-11H2,1-3H3,(H,17,19). The summed E-state index contributed by atoms with van der Waals surface area (Å²) in [6, 6.07) is 7.68. The second-order valence-corrected chi connectivity index (χ2v) is 6.33. The van der Waals surface area contributed by atoms with Crippen LogP contribution >= 0.6 is 11.8 Å². The van der Waals surface area contributed by atoms with Crippen LogP contribution in [0.15, 0.2) is 29.2 Å². The highest BCUT2D eigenvalue weighted by molar-refractivity contribution is 8.00. The van der Waals surface area contributed by atoms with Crippen LogP contribution < -0.4 is 10.1 Å². The number of carbonyl (C=O) groups is 1. The Bertz CT molecular complexity index is 420. The summed E-state index contributed by atoms with van der Waals surface area (Å²) in [6.07, 6.45) is 0.233. The molecular weight excluding hydrogens is 286 g/mol. The number of aliphatic hydroxyl groups excluding tert-OH is 1. The van der Waals surface area contributed by atoms with Crippen LogP contribution in [0.3, 0.4) is 0 Å². The summed E-state index contributed by atoms with van der Waals surface area (Å²) in [6.45, 7) is 7.01. The van der Waals surface area contributed by atoms with E-state index in [1.807, 2.05) is 45.0 Å². The third kappa shape index (κ3) is 7.97. The summed E-state index contributed by atoms with van der Waals surface area (Å²) >= 11 is 1.47. The Kier molecular flexibility index (Phi) is 8.23. The zero-order valence-electron chi connectivity index (χ0n) is 13.0. The van der Waals surface area contributed by atoms with Crippen LogP contribution in [-0.4, -0.2) is 36.0 Å². The highest BCUT2D eigenvalue weighted by atomic mass is 32.2. The fourth-order valence-electron chi connectivity index (χ4n) is 1.86. The molecule has 0 fully saturated rings. The quantitative estimate of drug-likeness (QED) is 0.689. The third-order valence-electron chi connectivity index (χ3n) is 2.78. The summed E-state index contributed by atoms with van der Waals surface area (Å²) in [5.74, 6) is 1.55. The molecule has 0 aromatic heterocycles. The van der Waals surface area contributed by atoms with Gasteiger partial charge in [0.05, 0.1) is 18.5 Å². The minimum Gasteiger partial charge on any atom is -0.494 e. The van der Waals surface area contributed by atoms with E-state index < -0.39 is 6.10 Å². The van der Waals surface area contributed by atoms with Gasteiger partial charge in [-0.3, -0.25) is 4.79 Å². The first-order valence-corrected chi connectivity index (χ1v) is 8.30. The highest BCUT2D eigenvalue weighted by Gasteiger charge is 2.09. The van der Waals surface area contributed by atoms with Crippen molar-refractivity contribution in [1.82, 2.24) is 5.32 Å². The number of benzene rings is 1. The van der Waals surface area contributed by atoms with Gasteiger partial charge in [0, 0.05) is 11.4 Å². The Balaban J connectivity index is 2.26. The molecule has 1 unspecified atom stereocenters. The van der Waals surface area contributed by atoms with Gasteiger partial charge < -0.3 is 15.2 Å². The lowest BCUT2D eigenvalue weighted by Gasteiger charge is -2.13. The largest absolute Gasteiger partial charge is 0.494 e. The molecular formula is C16H25NO3S. The Hall–Kier alpha value is -1.20. The molecule has 0 aliphatic rings. The summed E-state index contributed by atoms with van der Waals surface area (Å²) in [7, 11) is 0. The highest BCUT2D eigenvalue weighted by Crippen LogP contribution is 2.21. The lowest BCUT2D eigenvalue weighted by atomic mass is 10.1. The minimum absolute atomic E-state index is 0.0586. The molecule has 0 bridgehead atoms. The van der Waals surface area contributed by atoms with Gasteiger partial charge >= 0.3 is 0 Å². The number of carbonyl (C=O) groups excluding carboxylic acids is 1. The van der Waals surface area contributed by atoms with E-state index in [-0.39, 0.29) is 5.91 Å². The second kappa shape index (κ2) is 9.68. The first kappa shape index (κ1) is 17.9. The number of nitrogens with one attached hydrogen (secondary N) is 1. The van der Waals surface area contributed by atoms with Crippen molar-refractivity contribution in [3.63, 3.8) is 0 Å². The molecule has 1 aromatic carbocycles. The lowest BCUT2D eigenvalue weighted by Crippen LogP contribution is -2.33. The van der Waals surface area contributed by atoms with E-state index in [1.165, 1.54) is 11.8 Å². The van der Waals surface area contributed by atoms with Crippen molar-refractivity contribution in [3.8, 4) is 5.75 Å².